The number of nitrogens with one attached hydrogen (secondary N) is 4. The molecule has 16 rings (SSSR count). The third kappa shape index (κ3) is 26.2. The van der Waals surface area contributed by atoms with E-state index in [1.165, 1.54) is 20.1 Å². The average Bonchev–Trinajstić information content (AvgIpc) is 1.15. The van der Waals surface area contributed by atoms with Gasteiger partial charge in [-0.25, -0.2) is 38.5 Å². The highest BCUT2D eigenvalue weighted by atomic mass is 32.1. The zero-order valence-corrected chi connectivity index (χ0v) is 83.1. The lowest BCUT2D eigenvalue weighted by Crippen LogP contribution is -2.59. The standard InChI is InChI=1S/C27H28BN5O6S.C23H28BN5O6S.C22H25BFN5O6S.C22H29BN4O7/c1-16-6-5-9-18-12-19(28(38)39-23(16)18)13-21(34)22(20-15-40-26(29)30-20)31-27(37)33-11-10-32(24(35)25(33)36)14-17-7-3-2-4-8-17;1-3-7-28-8-9-29(21(32)20(28)31)23(33)27-18(16-12-36-22(25)26-16)17(30)11-15-10-14-6-4-5-13(2)19(14)35-24(15)34;1-12-3-2-4-13-9-14(23(34)35-18(12)13)10-16(30)17(15-11-36-21(25)26-15)27-22(33)29-8-7-28(6-5-24)19(31)20(29)32;1-3-26-9-10-27(21(31)20(26)30)22(32)25-16(7-8-18(24)29)17(28)12-15-11-14-6-4-5-13(2)19(14)34-23(15)33/h2-9,15,19,22,38H,10-14H2,1H3,(H2,29,30)(H,31,37);4-6,12,15,18,34H,3,7-11H2,1-2H3,(H2,25,26)(H,27,33);2-4,11,14,17,34H,5-10H2,1H3,(H2,25,26)(H,27,33);4-6,15-16,33H,3,7-12H2,1-2H3,(H2,24,29)(H,25,32)/t19-,22?;15-,18-;14-,17?;15-,16-/m1111/s1. The van der Waals surface area contributed by atoms with Crippen LogP contribution < -0.4 is 62.8 Å². The Hall–Kier alpha value is -14.6. The van der Waals surface area contributed by atoms with Gasteiger partial charge in [0, 0.05) is 150 Å². The van der Waals surface area contributed by atoms with Gasteiger partial charge in [0.25, 0.3) is 0 Å². The van der Waals surface area contributed by atoms with Crippen LogP contribution in [0.1, 0.15) is 144 Å². The van der Waals surface area contributed by atoms with Gasteiger partial charge >= 0.3 is 99.9 Å². The summed E-state index contributed by atoms with van der Waals surface area (Å²) in [7, 11) is -4.87. The van der Waals surface area contributed by atoms with Gasteiger partial charge in [-0.1, -0.05) is 110 Å². The minimum atomic E-state index is -1.27. The molecular weight excluding hydrogens is 1950 g/mol. The number of urea groups is 4. The summed E-state index contributed by atoms with van der Waals surface area (Å²) in [6.07, 6.45) is 1.50. The summed E-state index contributed by atoms with van der Waals surface area (Å²) in [6.45, 7) is 11.4. The normalized spacial score (nSPS) is 18.4. The van der Waals surface area contributed by atoms with E-state index in [-0.39, 0.29) is 136 Å². The SMILES string of the molecule is CCCN1CCN(C(=O)N[C@@H](C(=O)C[C@H]2Cc3cccc(C)c3OB2O)c2csc(N)n2)C(=O)C1=O.CCN1CCN(C(=O)N[C@H](CCC(N)=O)C(=O)C[C@H]2Cc3cccc(C)c3OB2O)C(=O)C1=O.Cc1cccc2c1OB(O)[C@@H](CC(=O)C(NC(=O)N1CCN(CCF)C(=O)C1=O)c1csc(N)n1)C2.Cc1cccc2c1OB(O)[C@@H](CC(=O)C(NC(=O)N1CCN(Cc3ccccc3)C(=O)C1=O)c1csc(N)n1)C2. The molecule has 3 aromatic heterocycles. The summed E-state index contributed by atoms with van der Waals surface area (Å²) < 4.78 is 35.3. The van der Waals surface area contributed by atoms with Crippen LogP contribution in [0.25, 0.3) is 0 Å². The predicted octanol–water partition coefficient (Wildman–Crippen LogP) is 4.05. The van der Waals surface area contributed by atoms with Crippen molar-refractivity contribution in [2.75, 3.05) is 95.9 Å². The number of anilines is 3. The molecule has 0 spiro atoms. The number of primary amides is 1. The van der Waals surface area contributed by atoms with Crippen LogP contribution in [0.3, 0.4) is 0 Å². The number of ketones is 4. The van der Waals surface area contributed by atoms with Crippen LogP contribution in [0.2, 0.25) is 23.3 Å². The maximum Gasteiger partial charge on any atom is 0.526 e. The summed E-state index contributed by atoms with van der Waals surface area (Å²) in [6, 6.07) is 23.2. The number of Topliss-reactive ketones (excluding diaryl/α,β-unsaturated/α-hetero) is 4. The van der Waals surface area contributed by atoms with Crippen molar-refractivity contribution in [3.8, 4) is 23.0 Å². The number of halogens is 1. The fraction of sp³-hybridized carbons (Fsp3) is 0.404. The Balaban J connectivity index is 0.000000163. The number of fused-ring (bicyclic) bond motifs is 4. The molecule has 11 heterocycles. The number of imide groups is 4. The number of carbonyl (C=O) groups excluding carboxylic acids is 17. The average molecular weight is 2060 g/mol. The molecule has 2 unspecified atom stereocenters. The van der Waals surface area contributed by atoms with E-state index in [0.29, 0.717) is 73.1 Å². The van der Waals surface area contributed by atoms with E-state index in [2.05, 4.69) is 36.2 Å². The van der Waals surface area contributed by atoms with Crippen molar-refractivity contribution in [3.63, 3.8) is 0 Å². The quantitative estimate of drug-likeness (QED) is 0.0232. The Morgan fingerprint density at radius 2 is 0.705 bits per heavy atom. The Morgan fingerprint density at radius 3 is 1.01 bits per heavy atom. The van der Waals surface area contributed by atoms with Crippen LogP contribution >= 0.6 is 34.0 Å². The third-order valence-corrected chi connectivity index (χ3v) is 27.9. The molecule has 0 aliphatic carbocycles. The van der Waals surface area contributed by atoms with Crippen molar-refractivity contribution in [1.82, 2.24) is 75.4 Å². The van der Waals surface area contributed by atoms with Crippen molar-refractivity contribution in [3.05, 3.63) is 186 Å². The third-order valence-electron chi connectivity index (χ3n) is 25.8. The molecule has 17 amide bonds. The molecule has 4 saturated heterocycles. The molecule has 0 bridgehead atoms. The zero-order chi connectivity index (χ0) is 105. The number of rotatable bonds is 29. The van der Waals surface area contributed by atoms with Gasteiger partial charge in [-0.15, -0.1) is 34.0 Å². The van der Waals surface area contributed by atoms with Crippen LogP contribution in [-0.2, 0) is 94.6 Å². The summed E-state index contributed by atoms with van der Waals surface area (Å²) in [4.78, 5) is 237. The summed E-state index contributed by atoms with van der Waals surface area (Å²) in [5.41, 5.74) is 30.9. The van der Waals surface area contributed by atoms with E-state index in [1.807, 2.05) is 138 Å². The van der Waals surface area contributed by atoms with E-state index >= 15 is 0 Å². The molecule has 4 fully saturated rings. The van der Waals surface area contributed by atoms with E-state index in [4.69, 9.17) is 41.6 Å². The molecule has 52 heteroatoms. The summed E-state index contributed by atoms with van der Waals surface area (Å²) in [5, 5.41) is 57.5. The van der Waals surface area contributed by atoms with Crippen molar-refractivity contribution >= 4 is 178 Å². The Kier molecular flexibility index (Phi) is 36.4. The van der Waals surface area contributed by atoms with Crippen LogP contribution in [0.5, 0.6) is 23.0 Å². The first kappa shape index (κ1) is 109. The molecule has 5 aromatic carbocycles. The summed E-state index contributed by atoms with van der Waals surface area (Å²) in [5.74, 6) is -9.69. The topological polar surface area (TPSA) is 625 Å². The number of benzene rings is 5. The molecule has 8 aromatic rings. The van der Waals surface area contributed by atoms with Gasteiger partial charge in [0.15, 0.2) is 38.5 Å². The van der Waals surface area contributed by atoms with Crippen LogP contribution in [0, 0.1) is 27.7 Å². The number of nitrogen functional groups attached to an aromatic ring is 3. The second kappa shape index (κ2) is 48.9. The van der Waals surface area contributed by atoms with Crippen molar-refractivity contribution in [2.45, 2.75) is 166 Å². The predicted molar refractivity (Wildman–Crippen MR) is 532 cm³/mol. The van der Waals surface area contributed by atoms with Crippen LogP contribution in [0.4, 0.5) is 39.0 Å². The first-order valence-electron chi connectivity index (χ1n) is 47.2. The molecule has 0 radical (unpaired) electrons. The highest BCUT2D eigenvalue weighted by molar-refractivity contribution is 7.14. The maximum absolute atomic E-state index is 13.5. The number of aromatic nitrogens is 3. The second-order valence-corrected chi connectivity index (χ2v) is 38.7. The number of thiazole rings is 3. The van der Waals surface area contributed by atoms with Gasteiger partial charge in [0.2, 0.25) is 5.91 Å². The van der Waals surface area contributed by atoms with Crippen molar-refractivity contribution in [1.29, 1.82) is 0 Å². The fourth-order valence-corrected chi connectivity index (χ4v) is 19.8. The van der Waals surface area contributed by atoms with Gasteiger partial charge in [0.1, 0.15) is 47.8 Å². The van der Waals surface area contributed by atoms with Gasteiger partial charge in [-0.05, 0) is 123 Å². The van der Waals surface area contributed by atoms with Gasteiger partial charge in [0.05, 0.1) is 23.1 Å². The Labute approximate surface area is 850 Å². The lowest BCUT2D eigenvalue weighted by atomic mass is 9.64. The number of hydrogen-bond donors (Lipinski definition) is 12. The number of likely N-dealkylation sites (N-methyl/N-ethyl adjacent to an activating group) is 1. The Morgan fingerprint density at radius 1 is 0.404 bits per heavy atom. The number of carbonyl (C=O) groups is 17. The minimum absolute atomic E-state index is 0.00765. The van der Waals surface area contributed by atoms with Gasteiger partial charge in [-0.3, -0.25) is 81.9 Å². The highest BCUT2D eigenvalue weighted by Gasteiger charge is 2.48. The number of piperazine rings is 4. The number of alkyl halides is 1. The monoisotopic (exact) mass is 2060 g/mol. The number of nitrogens with zero attached hydrogens (tertiary/aromatic N) is 11. The van der Waals surface area contributed by atoms with E-state index in [9.17, 15) is 106 Å². The molecule has 8 aliphatic rings. The van der Waals surface area contributed by atoms with E-state index in [0.717, 1.165) is 104 Å². The Bertz CT molecular complexity index is 6130. The number of nitrogens with two attached hydrogens (primary N) is 4. The van der Waals surface area contributed by atoms with Crippen LogP contribution in [0.15, 0.2) is 119 Å². The molecule has 8 atom stereocenters. The van der Waals surface area contributed by atoms with E-state index in [1.54, 1.807) is 17.7 Å². The number of aryl methyl sites for hydroxylation is 4. The van der Waals surface area contributed by atoms with Crippen LogP contribution in [-0.4, -0.2) is 288 Å². The molecule has 146 heavy (non-hydrogen) atoms. The fourth-order valence-electron chi connectivity index (χ4n) is 18.0. The molecule has 0 saturated carbocycles. The number of para-hydroxylation sites is 4. The molecular formula is C94H110B4FN19O25S3. The van der Waals surface area contributed by atoms with Crippen molar-refractivity contribution in [2.24, 2.45) is 5.73 Å². The first-order valence-corrected chi connectivity index (χ1v) is 49.8. The zero-order valence-electron chi connectivity index (χ0n) is 80.6. The number of hydrogen-bond acceptors (Lipinski definition) is 34. The lowest BCUT2D eigenvalue weighted by Gasteiger charge is -2.33. The smallest absolute Gasteiger partial charge is 0.526 e. The highest BCUT2D eigenvalue weighted by Crippen LogP contribution is 2.43. The van der Waals surface area contributed by atoms with Gasteiger partial charge < -0.3 is 103 Å². The molecule has 44 nitrogen and oxygen atoms in total. The minimum Gasteiger partial charge on any atom is -0.536 e. The molecule has 768 valence electrons. The number of amides is 17. The lowest BCUT2D eigenvalue weighted by molar-refractivity contribution is -0.154. The van der Waals surface area contributed by atoms with Gasteiger partial charge in [-0.2, -0.15) is 0 Å². The molecule has 16 N–H and O–H groups in total. The summed E-state index contributed by atoms with van der Waals surface area (Å²) >= 11 is 3.28. The second-order valence-electron chi connectivity index (χ2n) is 36.0. The first-order chi connectivity index (χ1) is 69.7. The maximum atomic E-state index is 13.5. The van der Waals surface area contributed by atoms with Crippen molar-refractivity contribution < 1.29 is 125 Å². The van der Waals surface area contributed by atoms with E-state index < -0.39 is 183 Å². The largest absolute Gasteiger partial charge is 0.536 e. The molecule has 8 aliphatic heterocycles.